The number of rotatable bonds is 2. The lowest BCUT2D eigenvalue weighted by atomic mass is 10.1. The number of H-pyrrole nitrogens is 1. The van der Waals surface area contributed by atoms with E-state index in [0.29, 0.717) is 12.3 Å². The molecular formula is C19H15N3O3S. The Bertz CT molecular complexity index is 1050. The smallest absolute Gasteiger partial charge is 0.251 e. The van der Waals surface area contributed by atoms with Crippen molar-refractivity contribution in [2.45, 2.75) is 13.5 Å². The number of nitrogens with one attached hydrogen (secondary N) is 1. The van der Waals surface area contributed by atoms with Gasteiger partial charge in [-0.05, 0) is 42.1 Å². The van der Waals surface area contributed by atoms with Crippen LogP contribution in [-0.2, 0) is 11.3 Å². The van der Waals surface area contributed by atoms with Crippen molar-refractivity contribution in [1.29, 1.82) is 0 Å². The molecule has 3 aromatic rings. The Morgan fingerprint density at radius 3 is 3.12 bits per heavy atom. The molecule has 6 nitrogen and oxygen atoms in total. The lowest BCUT2D eigenvalue weighted by molar-refractivity contribution is -0.114. The predicted molar refractivity (Wildman–Crippen MR) is 99.4 cm³/mol. The molecule has 0 unspecified atom stereocenters. The van der Waals surface area contributed by atoms with E-state index in [0.717, 1.165) is 38.8 Å². The highest BCUT2D eigenvalue weighted by molar-refractivity contribution is 7.10. The number of ether oxygens (including phenoxy) is 2. The standard InChI is InChI=1S/C19H15N3O3S/c1-11-19-18(21-20-11)13-6-7-26-16(13)9-22(19)17(23)5-3-12-2-4-14-15(8-12)25-10-24-14/h2-8H,9-10H2,1H3,(H,20,21)/b5-3+. The molecule has 0 atom stereocenters. The number of thiophene rings is 1. The lowest BCUT2D eigenvalue weighted by Crippen LogP contribution is -2.31. The van der Waals surface area contributed by atoms with Gasteiger partial charge in [-0.15, -0.1) is 11.3 Å². The first kappa shape index (κ1) is 15.2. The molecule has 5 rings (SSSR count). The van der Waals surface area contributed by atoms with Crippen molar-refractivity contribution < 1.29 is 14.3 Å². The summed E-state index contributed by atoms with van der Waals surface area (Å²) in [5, 5.41) is 9.43. The van der Waals surface area contributed by atoms with E-state index in [2.05, 4.69) is 16.3 Å². The van der Waals surface area contributed by atoms with Gasteiger partial charge in [-0.3, -0.25) is 14.8 Å². The minimum atomic E-state index is -0.0764. The Balaban J connectivity index is 1.45. The minimum Gasteiger partial charge on any atom is -0.454 e. The monoisotopic (exact) mass is 365 g/mol. The molecule has 0 bridgehead atoms. The summed E-state index contributed by atoms with van der Waals surface area (Å²) in [6, 6.07) is 7.68. The van der Waals surface area contributed by atoms with Crippen LogP contribution in [0.4, 0.5) is 5.69 Å². The third kappa shape index (κ3) is 2.32. The van der Waals surface area contributed by atoms with Crippen molar-refractivity contribution in [3.63, 3.8) is 0 Å². The van der Waals surface area contributed by atoms with Crippen molar-refractivity contribution in [2.24, 2.45) is 0 Å². The highest BCUT2D eigenvalue weighted by Crippen LogP contribution is 2.42. The summed E-state index contributed by atoms with van der Waals surface area (Å²) >= 11 is 1.65. The molecule has 4 heterocycles. The number of hydrogen-bond donors (Lipinski definition) is 1. The van der Waals surface area contributed by atoms with Crippen molar-refractivity contribution in [3.05, 3.63) is 51.9 Å². The van der Waals surface area contributed by atoms with E-state index in [4.69, 9.17) is 9.47 Å². The van der Waals surface area contributed by atoms with Crippen LogP contribution in [0.1, 0.15) is 16.1 Å². The zero-order chi connectivity index (χ0) is 17.7. The van der Waals surface area contributed by atoms with Crippen LogP contribution >= 0.6 is 11.3 Å². The Labute approximate surface area is 153 Å². The van der Waals surface area contributed by atoms with Gasteiger partial charge in [-0.25, -0.2) is 0 Å². The number of carbonyl (C=O) groups is 1. The number of carbonyl (C=O) groups excluding carboxylic acids is 1. The van der Waals surface area contributed by atoms with E-state index in [1.54, 1.807) is 28.4 Å². The van der Waals surface area contributed by atoms with Crippen LogP contribution in [-0.4, -0.2) is 22.9 Å². The molecule has 2 aliphatic heterocycles. The molecule has 1 aromatic carbocycles. The summed E-state index contributed by atoms with van der Waals surface area (Å²) in [5.74, 6) is 1.36. The van der Waals surface area contributed by atoms with Crippen LogP contribution in [0.3, 0.4) is 0 Å². The number of nitrogens with zero attached hydrogens (tertiary/aromatic N) is 2. The zero-order valence-electron chi connectivity index (χ0n) is 14.0. The van der Waals surface area contributed by atoms with Gasteiger partial charge < -0.3 is 9.47 Å². The number of benzene rings is 1. The highest BCUT2D eigenvalue weighted by Gasteiger charge is 2.30. The van der Waals surface area contributed by atoms with Gasteiger partial charge in [0.05, 0.1) is 17.9 Å². The summed E-state index contributed by atoms with van der Waals surface area (Å²) in [7, 11) is 0. The van der Waals surface area contributed by atoms with Gasteiger partial charge in [0, 0.05) is 16.5 Å². The molecule has 0 spiro atoms. The maximum Gasteiger partial charge on any atom is 0.251 e. The first-order chi connectivity index (χ1) is 12.7. The van der Waals surface area contributed by atoms with Crippen molar-refractivity contribution in [2.75, 3.05) is 11.7 Å². The quantitative estimate of drug-likeness (QED) is 0.703. The third-order valence-corrected chi connectivity index (χ3v) is 5.47. The Morgan fingerprint density at radius 1 is 1.31 bits per heavy atom. The summed E-state index contributed by atoms with van der Waals surface area (Å²) in [5.41, 5.74) is 4.59. The molecular weight excluding hydrogens is 350 g/mol. The van der Waals surface area contributed by atoms with Crippen LogP contribution in [0.15, 0.2) is 35.7 Å². The van der Waals surface area contributed by atoms with Gasteiger partial charge in [0.2, 0.25) is 6.79 Å². The molecule has 0 saturated carbocycles. The number of aromatic amines is 1. The van der Waals surface area contributed by atoms with Crippen LogP contribution in [0.25, 0.3) is 17.3 Å². The number of aryl methyl sites for hydroxylation is 1. The Hall–Kier alpha value is -3.06. The minimum absolute atomic E-state index is 0.0764. The second kappa shape index (κ2) is 5.74. The van der Waals surface area contributed by atoms with E-state index in [1.165, 1.54) is 0 Å². The second-order valence-corrected chi connectivity index (χ2v) is 7.17. The normalized spacial score (nSPS) is 14.6. The van der Waals surface area contributed by atoms with Crippen LogP contribution < -0.4 is 14.4 Å². The summed E-state index contributed by atoms with van der Waals surface area (Å²) in [6.45, 7) is 2.73. The maximum atomic E-state index is 12.9. The van der Waals surface area contributed by atoms with Gasteiger partial charge in [0.1, 0.15) is 5.69 Å². The fourth-order valence-electron chi connectivity index (χ4n) is 3.30. The van der Waals surface area contributed by atoms with Gasteiger partial charge >= 0.3 is 0 Å². The Kier molecular flexibility index (Phi) is 3.36. The molecule has 1 N–H and O–H groups in total. The molecule has 26 heavy (non-hydrogen) atoms. The molecule has 0 saturated heterocycles. The number of anilines is 1. The SMILES string of the molecule is Cc1[nH]nc2c1N(C(=O)/C=C/c1ccc3c(c1)OCO3)Cc1sccc1-2. The maximum absolute atomic E-state index is 12.9. The largest absolute Gasteiger partial charge is 0.454 e. The zero-order valence-corrected chi connectivity index (χ0v) is 14.8. The molecule has 7 heteroatoms. The number of aromatic nitrogens is 2. The Morgan fingerprint density at radius 2 is 2.19 bits per heavy atom. The highest BCUT2D eigenvalue weighted by atomic mass is 32.1. The van der Waals surface area contributed by atoms with Crippen molar-refractivity contribution >= 4 is 29.0 Å². The number of fused-ring (bicyclic) bond motifs is 4. The molecule has 130 valence electrons. The van der Waals surface area contributed by atoms with E-state index >= 15 is 0 Å². The molecule has 1 amide bonds. The summed E-state index contributed by atoms with van der Waals surface area (Å²) in [6.07, 6.45) is 3.38. The summed E-state index contributed by atoms with van der Waals surface area (Å²) in [4.78, 5) is 15.8. The van der Waals surface area contributed by atoms with Crippen LogP contribution in [0.5, 0.6) is 11.5 Å². The van der Waals surface area contributed by atoms with Gasteiger partial charge in [0.15, 0.2) is 11.5 Å². The van der Waals surface area contributed by atoms with Gasteiger partial charge in [-0.1, -0.05) is 6.07 Å². The van der Waals surface area contributed by atoms with E-state index in [1.807, 2.05) is 30.5 Å². The molecule has 0 radical (unpaired) electrons. The number of amides is 1. The third-order valence-electron chi connectivity index (χ3n) is 4.57. The van der Waals surface area contributed by atoms with E-state index in [-0.39, 0.29) is 12.7 Å². The molecule has 2 aromatic heterocycles. The van der Waals surface area contributed by atoms with E-state index < -0.39 is 0 Å². The van der Waals surface area contributed by atoms with E-state index in [9.17, 15) is 4.79 Å². The average Bonchev–Trinajstić information content (AvgIpc) is 3.37. The summed E-state index contributed by atoms with van der Waals surface area (Å²) < 4.78 is 10.7. The fourth-order valence-corrected chi connectivity index (χ4v) is 4.16. The van der Waals surface area contributed by atoms with Crippen molar-refractivity contribution in [3.8, 4) is 22.8 Å². The first-order valence-corrected chi connectivity index (χ1v) is 9.09. The van der Waals surface area contributed by atoms with Crippen molar-refractivity contribution in [1.82, 2.24) is 10.2 Å². The lowest BCUT2D eigenvalue weighted by Gasteiger charge is -2.26. The molecule has 0 fully saturated rings. The topological polar surface area (TPSA) is 67.5 Å². The number of hydrogen-bond acceptors (Lipinski definition) is 5. The van der Waals surface area contributed by atoms with Crippen LogP contribution in [0.2, 0.25) is 0 Å². The predicted octanol–water partition coefficient (Wildman–Crippen LogP) is 3.74. The van der Waals surface area contributed by atoms with Crippen LogP contribution in [0, 0.1) is 6.92 Å². The average molecular weight is 365 g/mol. The second-order valence-electron chi connectivity index (χ2n) is 6.17. The molecule has 0 aliphatic carbocycles. The van der Waals surface area contributed by atoms with Gasteiger partial charge in [-0.2, -0.15) is 5.10 Å². The van der Waals surface area contributed by atoms with Gasteiger partial charge in [0.25, 0.3) is 5.91 Å². The first-order valence-electron chi connectivity index (χ1n) is 8.21. The fraction of sp³-hybridized carbons (Fsp3) is 0.158. The molecule has 2 aliphatic rings.